The van der Waals surface area contributed by atoms with E-state index in [1.165, 1.54) is 12.4 Å². The molecule has 8 heteroatoms. The number of hydrogen-bond donors (Lipinski definition) is 3. The Morgan fingerprint density at radius 1 is 1.27 bits per heavy atom. The summed E-state index contributed by atoms with van der Waals surface area (Å²) in [7, 11) is 0. The normalized spacial score (nSPS) is 11.2. The summed E-state index contributed by atoms with van der Waals surface area (Å²) in [5.74, 6) is 5.70. The molecule has 1 rings (SSSR count). The Morgan fingerprint density at radius 3 is 2.53 bits per heavy atom. The van der Waals surface area contributed by atoms with Crippen LogP contribution in [0.25, 0.3) is 0 Å². The molecular weight excluding hydrogens is 211 g/mol. The van der Waals surface area contributed by atoms with Gasteiger partial charge in [0.1, 0.15) is 18.0 Å². The number of halogens is 3. The first-order valence-electron chi connectivity index (χ1n) is 4.10. The highest BCUT2D eigenvalue weighted by molar-refractivity contribution is 5.45. The Hall–Kier alpha value is -1.57. The molecular formula is C7H10F3N5. The fourth-order valence-corrected chi connectivity index (χ4v) is 0.865. The van der Waals surface area contributed by atoms with Crippen LogP contribution in [0, 0.1) is 0 Å². The minimum absolute atomic E-state index is 0.232. The highest BCUT2D eigenvalue weighted by atomic mass is 19.4. The topological polar surface area (TPSA) is 75.9 Å². The predicted molar refractivity (Wildman–Crippen MR) is 49.0 cm³/mol. The Kier molecular flexibility index (Phi) is 3.67. The van der Waals surface area contributed by atoms with Crippen LogP contribution in [0.2, 0.25) is 0 Å². The molecule has 0 aliphatic carbocycles. The highest BCUT2D eigenvalue weighted by Crippen LogP contribution is 2.19. The molecule has 0 radical (unpaired) electrons. The van der Waals surface area contributed by atoms with Gasteiger partial charge in [0.25, 0.3) is 0 Å². The first kappa shape index (κ1) is 11.5. The molecule has 1 aromatic rings. The summed E-state index contributed by atoms with van der Waals surface area (Å²) in [6, 6.07) is 1.41. The molecule has 0 saturated carbocycles. The molecule has 1 aromatic heterocycles. The van der Waals surface area contributed by atoms with Crippen molar-refractivity contribution >= 4 is 11.6 Å². The zero-order valence-electron chi connectivity index (χ0n) is 7.67. The molecule has 0 saturated heterocycles. The van der Waals surface area contributed by atoms with Gasteiger partial charge in [0.15, 0.2) is 0 Å². The number of hydrazine groups is 1. The predicted octanol–water partition coefficient (Wildman–Crippen LogP) is 1.13. The number of alkyl halides is 3. The number of nitrogen functional groups attached to an aromatic ring is 1. The van der Waals surface area contributed by atoms with Crippen molar-refractivity contribution in [1.82, 2.24) is 9.97 Å². The zero-order chi connectivity index (χ0) is 11.3. The monoisotopic (exact) mass is 221 g/mol. The van der Waals surface area contributed by atoms with Crippen LogP contribution < -0.4 is 16.6 Å². The van der Waals surface area contributed by atoms with E-state index in [1.54, 1.807) is 0 Å². The van der Waals surface area contributed by atoms with Crippen LogP contribution in [0.5, 0.6) is 0 Å². The summed E-state index contributed by atoms with van der Waals surface area (Å²) in [6.45, 7) is -0.232. The van der Waals surface area contributed by atoms with Crippen LogP contribution in [-0.4, -0.2) is 22.7 Å². The molecule has 0 aromatic carbocycles. The van der Waals surface area contributed by atoms with Crippen molar-refractivity contribution < 1.29 is 13.2 Å². The average molecular weight is 221 g/mol. The van der Waals surface area contributed by atoms with E-state index in [2.05, 4.69) is 20.7 Å². The zero-order valence-corrected chi connectivity index (χ0v) is 7.67. The molecule has 0 fully saturated rings. The van der Waals surface area contributed by atoms with E-state index < -0.39 is 12.6 Å². The molecule has 1 heterocycles. The summed E-state index contributed by atoms with van der Waals surface area (Å²) >= 11 is 0. The van der Waals surface area contributed by atoms with E-state index in [0.29, 0.717) is 11.6 Å². The third-order valence-corrected chi connectivity index (χ3v) is 1.53. The number of nitrogens with zero attached hydrogens (tertiary/aromatic N) is 2. The highest BCUT2D eigenvalue weighted by Gasteiger charge is 2.26. The smallest absolute Gasteiger partial charge is 0.370 e. The Balaban J connectivity index is 2.44. The maximum Gasteiger partial charge on any atom is 0.390 e. The summed E-state index contributed by atoms with van der Waals surface area (Å²) in [6.07, 6.45) is -3.89. The van der Waals surface area contributed by atoms with Gasteiger partial charge in [-0.25, -0.2) is 15.8 Å². The van der Waals surface area contributed by atoms with Crippen LogP contribution in [0.3, 0.4) is 0 Å². The molecule has 0 atom stereocenters. The molecule has 15 heavy (non-hydrogen) atoms. The quantitative estimate of drug-likeness (QED) is 0.524. The Labute approximate surface area is 83.9 Å². The van der Waals surface area contributed by atoms with Gasteiger partial charge in [0.2, 0.25) is 0 Å². The van der Waals surface area contributed by atoms with Crippen LogP contribution >= 0.6 is 0 Å². The molecule has 0 bridgehead atoms. The molecule has 0 unspecified atom stereocenters. The maximum atomic E-state index is 11.8. The van der Waals surface area contributed by atoms with Gasteiger partial charge in [-0.2, -0.15) is 13.2 Å². The lowest BCUT2D eigenvalue weighted by Crippen LogP contribution is -2.15. The molecule has 0 aliphatic rings. The third-order valence-electron chi connectivity index (χ3n) is 1.53. The van der Waals surface area contributed by atoms with Crippen molar-refractivity contribution in [3.05, 3.63) is 12.4 Å². The second-order valence-electron chi connectivity index (χ2n) is 2.72. The van der Waals surface area contributed by atoms with E-state index in [1.807, 2.05) is 0 Å². The van der Waals surface area contributed by atoms with Crippen LogP contribution in [0.4, 0.5) is 24.8 Å². The van der Waals surface area contributed by atoms with E-state index in [4.69, 9.17) is 5.84 Å². The number of nitrogens with one attached hydrogen (secondary N) is 2. The van der Waals surface area contributed by atoms with Gasteiger partial charge in [-0.05, 0) is 0 Å². The molecule has 0 spiro atoms. The molecule has 5 nitrogen and oxygen atoms in total. The van der Waals surface area contributed by atoms with Gasteiger partial charge in [0, 0.05) is 12.6 Å². The van der Waals surface area contributed by atoms with E-state index in [0.717, 1.165) is 0 Å². The summed E-state index contributed by atoms with van der Waals surface area (Å²) in [5, 5.41) is 2.51. The lowest BCUT2D eigenvalue weighted by Gasteiger charge is -2.08. The Morgan fingerprint density at radius 2 is 1.93 bits per heavy atom. The number of nitrogens with two attached hydrogens (primary N) is 1. The Bertz CT molecular complexity index is 314. The first-order chi connectivity index (χ1) is 7.01. The van der Waals surface area contributed by atoms with Gasteiger partial charge < -0.3 is 10.7 Å². The fraction of sp³-hybridized carbons (Fsp3) is 0.429. The number of anilines is 2. The van der Waals surface area contributed by atoms with Gasteiger partial charge in [0.05, 0.1) is 6.42 Å². The van der Waals surface area contributed by atoms with Gasteiger partial charge >= 0.3 is 6.18 Å². The lowest BCUT2D eigenvalue weighted by molar-refractivity contribution is -0.131. The SMILES string of the molecule is NNc1cc(NCCC(F)(F)F)ncn1. The number of rotatable bonds is 4. The van der Waals surface area contributed by atoms with Gasteiger partial charge in [-0.3, -0.25) is 0 Å². The second-order valence-corrected chi connectivity index (χ2v) is 2.72. The van der Waals surface area contributed by atoms with E-state index >= 15 is 0 Å². The lowest BCUT2D eigenvalue weighted by atomic mass is 10.4. The summed E-state index contributed by atoms with van der Waals surface area (Å²) in [4.78, 5) is 7.43. The van der Waals surface area contributed by atoms with Crippen molar-refractivity contribution in [1.29, 1.82) is 0 Å². The minimum atomic E-state index is -4.17. The van der Waals surface area contributed by atoms with Crippen LogP contribution in [0.1, 0.15) is 6.42 Å². The van der Waals surface area contributed by atoms with Crippen molar-refractivity contribution in [2.45, 2.75) is 12.6 Å². The number of hydrogen-bond acceptors (Lipinski definition) is 5. The summed E-state index contributed by atoms with van der Waals surface area (Å²) < 4.78 is 35.4. The molecule has 0 aliphatic heterocycles. The second kappa shape index (κ2) is 4.78. The molecule has 4 N–H and O–H groups in total. The van der Waals surface area contributed by atoms with Crippen molar-refractivity contribution in [3.63, 3.8) is 0 Å². The van der Waals surface area contributed by atoms with Crippen molar-refractivity contribution in [3.8, 4) is 0 Å². The van der Waals surface area contributed by atoms with E-state index in [-0.39, 0.29) is 6.54 Å². The largest absolute Gasteiger partial charge is 0.390 e. The van der Waals surface area contributed by atoms with Crippen molar-refractivity contribution in [2.75, 3.05) is 17.3 Å². The van der Waals surface area contributed by atoms with E-state index in [9.17, 15) is 13.2 Å². The van der Waals surface area contributed by atoms with Gasteiger partial charge in [-0.15, -0.1) is 0 Å². The average Bonchev–Trinajstić information content (AvgIpc) is 2.16. The van der Waals surface area contributed by atoms with Crippen molar-refractivity contribution in [2.24, 2.45) is 5.84 Å². The maximum absolute atomic E-state index is 11.8. The fourth-order valence-electron chi connectivity index (χ4n) is 0.865. The minimum Gasteiger partial charge on any atom is -0.370 e. The van der Waals surface area contributed by atoms with Crippen LogP contribution in [-0.2, 0) is 0 Å². The third kappa shape index (κ3) is 4.45. The first-order valence-corrected chi connectivity index (χ1v) is 4.10. The van der Waals surface area contributed by atoms with Gasteiger partial charge in [-0.1, -0.05) is 0 Å². The number of aromatic nitrogens is 2. The summed E-state index contributed by atoms with van der Waals surface area (Å²) in [5.41, 5.74) is 2.26. The standard InChI is InChI=1S/C7H10F3N5/c8-7(9,10)1-2-12-5-3-6(15-11)14-4-13-5/h3-4H,1-2,11H2,(H2,12,13,14,15). The molecule has 0 amide bonds. The van der Waals surface area contributed by atoms with Crippen LogP contribution in [0.15, 0.2) is 12.4 Å². The molecule has 84 valence electrons.